The van der Waals surface area contributed by atoms with Gasteiger partial charge in [0, 0.05) is 12.1 Å². The fourth-order valence-electron chi connectivity index (χ4n) is 2.76. The molecular formula is C21H24FNO6. The first kappa shape index (κ1) is 22.3. The monoisotopic (exact) mass is 405 g/mol. The van der Waals surface area contributed by atoms with E-state index in [4.69, 9.17) is 9.47 Å². The smallest absolute Gasteiger partial charge is 0.410 e. The van der Waals surface area contributed by atoms with Crippen LogP contribution in [0, 0.1) is 11.7 Å². The van der Waals surface area contributed by atoms with E-state index in [0.29, 0.717) is 5.56 Å². The van der Waals surface area contributed by atoms with E-state index in [1.54, 1.807) is 27.7 Å². The van der Waals surface area contributed by atoms with E-state index >= 15 is 0 Å². The van der Waals surface area contributed by atoms with E-state index < -0.39 is 41.0 Å². The molecule has 2 rings (SSSR count). The third kappa shape index (κ3) is 5.97. The van der Waals surface area contributed by atoms with Gasteiger partial charge in [-0.2, -0.15) is 0 Å². The lowest BCUT2D eigenvalue weighted by Gasteiger charge is -2.33. The Kier molecular flexibility index (Phi) is 6.89. The summed E-state index contributed by atoms with van der Waals surface area (Å²) in [5.41, 5.74) is -0.125. The summed E-state index contributed by atoms with van der Waals surface area (Å²) >= 11 is 0. The van der Waals surface area contributed by atoms with Gasteiger partial charge in [-0.25, -0.2) is 14.0 Å². The fourth-order valence-corrected chi connectivity index (χ4v) is 2.76. The molecule has 0 bridgehead atoms. The van der Waals surface area contributed by atoms with Gasteiger partial charge in [0.15, 0.2) is 5.78 Å². The molecule has 0 radical (unpaired) electrons. The molecule has 0 spiro atoms. The molecule has 1 saturated heterocycles. The van der Waals surface area contributed by atoms with Crippen molar-refractivity contribution in [1.82, 2.24) is 4.90 Å². The number of Topliss-reactive ketones (excluding diaryl/α,β-unsaturated/α-hetero) is 2. The van der Waals surface area contributed by atoms with E-state index in [0.717, 1.165) is 0 Å². The van der Waals surface area contributed by atoms with E-state index in [9.17, 15) is 23.6 Å². The van der Waals surface area contributed by atoms with Gasteiger partial charge in [0.2, 0.25) is 0 Å². The number of esters is 1. The highest BCUT2D eigenvalue weighted by atomic mass is 19.1. The van der Waals surface area contributed by atoms with Crippen molar-refractivity contribution in [3.63, 3.8) is 0 Å². The topological polar surface area (TPSA) is 90.0 Å². The lowest BCUT2D eigenvalue weighted by molar-refractivity contribution is -0.157. The Morgan fingerprint density at radius 3 is 2.38 bits per heavy atom. The quantitative estimate of drug-likeness (QED) is 0.331. The Labute approximate surface area is 168 Å². The van der Waals surface area contributed by atoms with Gasteiger partial charge in [-0.15, -0.1) is 0 Å². The number of hydrogen-bond acceptors (Lipinski definition) is 6. The zero-order valence-electron chi connectivity index (χ0n) is 16.9. The first-order valence-electron chi connectivity index (χ1n) is 9.21. The SMILES string of the molecule is CCOC(=O)C(=O)C1CN(C(=O)OC(C)(C)C)C/C(=C\c2ccc(F)cc2)C1=O. The van der Waals surface area contributed by atoms with Crippen LogP contribution >= 0.6 is 0 Å². The zero-order chi connectivity index (χ0) is 21.8. The Balaban J connectivity index is 2.37. The second-order valence-corrected chi connectivity index (χ2v) is 7.58. The summed E-state index contributed by atoms with van der Waals surface area (Å²) in [6, 6.07) is 5.38. The first-order chi connectivity index (χ1) is 13.5. The van der Waals surface area contributed by atoms with Crippen LogP contribution in [0.2, 0.25) is 0 Å². The summed E-state index contributed by atoms with van der Waals surface area (Å²) in [6.45, 7) is 6.22. The van der Waals surface area contributed by atoms with E-state index in [2.05, 4.69) is 0 Å². The molecule has 1 amide bonds. The number of amides is 1. The van der Waals surface area contributed by atoms with E-state index in [-0.39, 0.29) is 25.3 Å². The summed E-state index contributed by atoms with van der Waals surface area (Å²) in [6.07, 6.45) is 0.751. The number of ketones is 2. The number of likely N-dealkylation sites (tertiary alicyclic amines) is 1. The second-order valence-electron chi connectivity index (χ2n) is 7.58. The van der Waals surface area contributed by atoms with Crippen LogP contribution in [0.1, 0.15) is 33.3 Å². The molecule has 0 aliphatic carbocycles. The normalized spacial score (nSPS) is 18.5. The van der Waals surface area contributed by atoms with Crippen LogP contribution in [-0.4, -0.2) is 53.8 Å². The van der Waals surface area contributed by atoms with Gasteiger partial charge in [-0.05, 0) is 51.5 Å². The van der Waals surface area contributed by atoms with Crippen LogP contribution < -0.4 is 0 Å². The number of nitrogens with zero attached hydrogens (tertiary/aromatic N) is 1. The number of carbonyl (C=O) groups excluding carboxylic acids is 4. The number of benzene rings is 1. The molecule has 29 heavy (non-hydrogen) atoms. The van der Waals surface area contributed by atoms with Crippen LogP contribution in [0.4, 0.5) is 9.18 Å². The molecule has 1 heterocycles. The molecule has 1 fully saturated rings. The summed E-state index contributed by atoms with van der Waals surface area (Å²) in [4.78, 5) is 50.9. The molecule has 1 aromatic rings. The number of carbonyl (C=O) groups is 4. The molecule has 1 atom stereocenters. The number of rotatable bonds is 4. The van der Waals surface area contributed by atoms with Crippen molar-refractivity contribution in [1.29, 1.82) is 0 Å². The highest BCUT2D eigenvalue weighted by Gasteiger charge is 2.41. The van der Waals surface area contributed by atoms with Crippen molar-refractivity contribution in [3.8, 4) is 0 Å². The third-order valence-corrected chi connectivity index (χ3v) is 4.05. The van der Waals surface area contributed by atoms with Gasteiger partial charge in [-0.1, -0.05) is 12.1 Å². The minimum Gasteiger partial charge on any atom is -0.460 e. The summed E-state index contributed by atoms with van der Waals surface area (Å²) in [5.74, 6) is -4.55. The van der Waals surface area contributed by atoms with Gasteiger partial charge < -0.3 is 14.4 Å². The molecule has 1 aliphatic heterocycles. The molecule has 1 aliphatic rings. The van der Waals surface area contributed by atoms with Gasteiger partial charge >= 0.3 is 12.1 Å². The van der Waals surface area contributed by atoms with E-state index in [1.165, 1.54) is 35.2 Å². The number of piperidine rings is 1. The van der Waals surface area contributed by atoms with Gasteiger partial charge in [0.25, 0.3) is 5.78 Å². The molecule has 0 N–H and O–H groups in total. The number of halogens is 1. The molecule has 156 valence electrons. The summed E-state index contributed by atoms with van der Waals surface area (Å²) < 4.78 is 23.2. The van der Waals surface area contributed by atoms with Crippen LogP contribution in [0.25, 0.3) is 6.08 Å². The highest BCUT2D eigenvalue weighted by molar-refractivity contribution is 6.40. The molecule has 0 saturated carbocycles. The summed E-state index contributed by atoms with van der Waals surface area (Å²) in [7, 11) is 0. The Morgan fingerprint density at radius 2 is 1.83 bits per heavy atom. The van der Waals surface area contributed by atoms with Crippen LogP contribution in [-0.2, 0) is 23.9 Å². The molecule has 1 unspecified atom stereocenters. The fraction of sp³-hybridized carbons (Fsp3) is 0.429. The van der Waals surface area contributed by atoms with Crippen LogP contribution in [0.15, 0.2) is 29.8 Å². The maximum atomic E-state index is 13.1. The lowest BCUT2D eigenvalue weighted by Crippen LogP contribution is -2.51. The van der Waals surface area contributed by atoms with Crippen molar-refractivity contribution in [3.05, 3.63) is 41.2 Å². The molecule has 8 heteroatoms. The number of ether oxygens (including phenoxy) is 2. The van der Waals surface area contributed by atoms with Gasteiger partial charge in [0.05, 0.1) is 13.2 Å². The Bertz CT molecular complexity index is 838. The Hall–Kier alpha value is -3.03. The van der Waals surface area contributed by atoms with Gasteiger partial charge in [0.1, 0.15) is 17.3 Å². The van der Waals surface area contributed by atoms with E-state index in [1.807, 2.05) is 0 Å². The molecule has 0 aromatic heterocycles. The molecular weight excluding hydrogens is 381 g/mol. The van der Waals surface area contributed by atoms with Crippen molar-refractivity contribution in [2.75, 3.05) is 19.7 Å². The van der Waals surface area contributed by atoms with Crippen LogP contribution in [0.5, 0.6) is 0 Å². The second kappa shape index (κ2) is 8.98. The highest BCUT2D eigenvalue weighted by Crippen LogP contribution is 2.24. The summed E-state index contributed by atoms with van der Waals surface area (Å²) in [5, 5.41) is 0. The van der Waals surface area contributed by atoms with Crippen molar-refractivity contribution >= 4 is 29.7 Å². The lowest BCUT2D eigenvalue weighted by atomic mass is 9.88. The maximum absolute atomic E-state index is 13.1. The van der Waals surface area contributed by atoms with Crippen molar-refractivity contribution in [2.24, 2.45) is 5.92 Å². The zero-order valence-corrected chi connectivity index (χ0v) is 16.9. The van der Waals surface area contributed by atoms with Crippen molar-refractivity contribution < 1.29 is 33.0 Å². The average Bonchev–Trinajstić information content (AvgIpc) is 2.63. The third-order valence-electron chi connectivity index (χ3n) is 4.05. The predicted octanol–water partition coefficient (Wildman–Crippen LogP) is 2.78. The molecule has 7 nitrogen and oxygen atoms in total. The number of hydrogen-bond donors (Lipinski definition) is 0. The average molecular weight is 405 g/mol. The predicted molar refractivity (Wildman–Crippen MR) is 102 cm³/mol. The largest absolute Gasteiger partial charge is 0.460 e. The van der Waals surface area contributed by atoms with Crippen molar-refractivity contribution in [2.45, 2.75) is 33.3 Å². The Morgan fingerprint density at radius 1 is 1.21 bits per heavy atom. The van der Waals surface area contributed by atoms with Gasteiger partial charge in [-0.3, -0.25) is 9.59 Å². The minimum absolute atomic E-state index is 0.0143. The standard InChI is InChI=1S/C21H24FNO6/c1-5-28-19(26)18(25)16-12-23(20(27)29-21(2,3)4)11-14(17(16)24)10-13-6-8-15(22)9-7-13/h6-10,16H,5,11-12H2,1-4H3/b14-10+. The van der Waals surface area contributed by atoms with Crippen LogP contribution in [0.3, 0.4) is 0 Å². The molecule has 1 aromatic carbocycles. The first-order valence-corrected chi connectivity index (χ1v) is 9.21. The maximum Gasteiger partial charge on any atom is 0.410 e. The minimum atomic E-state index is -1.39.